The number of carbonyl (C=O) groups excluding carboxylic acids is 1. The van der Waals surface area contributed by atoms with E-state index in [9.17, 15) is 26.7 Å². The van der Waals surface area contributed by atoms with Crippen LogP contribution < -0.4 is 5.32 Å². The first kappa shape index (κ1) is 18.6. The second-order valence-electron chi connectivity index (χ2n) is 5.72. The van der Waals surface area contributed by atoms with E-state index >= 15 is 0 Å². The Labute approximate surface area is 150 Å². The molecule has 2 N–H and O–H groups in total. The zero-order valence-corrected chi connectivity index (χ0v) is 13.6. The van der Waals surface area contributed by atoms with Crippen molar-refractivity contribution in [1.82, 2.24) is 10.2 Å². The van der Waals surface area contributed by atoms with Crippen LogP contribution in [0.15, 0.2) is 48.8 Å². The third-order valence-electron chi connectivity index (χ3n) is 3.73. The highest BCUT2D eigenvalue weighted by molar-refractivity contribution is 5.92. The largest absolute Gasteiger partial charge is 0.416 e. The van der Waals surface area contributed by atoms with E-state index in [0.717, 1.165) is 24.3 Å². The normalized spacial score (nSPS) is 11.4. The van der Waals surface area contributed by atoms with Crippen LogP contribution >= 0.6 is 0 Å². The minimum atomic E-state index is -4.53. The molecule has 27 heavy (non-hydrogen) atoms. The minimum Gasteiger partial charge on any atom is -0.326 e. The summed E-state index contributed by atoms with van der Waals surface area (Å²) < 4.78 is 66.5. The van der Waals surface area contributed by atoms with E-state index in [4.69, 9.17) is 0 Å². The number of hydrogen-bond donors (Lipinski definition) is 2. The molecule has 4 nitrogen and oxygen atoms in total. The first-order chi connectivity index (χ1) is 12.7. The van der Waals surface area contributed by atoms with Crippen molar-refractivity contribution in [1.29, 1.82) is 0 Å². The Hall–Kier alpha value is -3.23. The summed E-state index contributed by atoms with van der Waals surface area (Å²) in [7, 11) is 0. The average molecular weight is 381 g/mol. The van der Waals surface area contributed by atoms with Crippen molar-refractivity contribution in [2.75, 3.05) is 5.32 Å². The molecule has 0 saturated carbocycles. The molecule has 3 rings (SSSR count). The number of carbonyl (C=O) groups is 1. The highest BCUT2D eigenvalue weighted by Crippen LogP contribution is 2.30. The van der Waals surface area contributed by atoms with Gasteiger partial charge in [-0.2, -0.15) is 18.3 Å². The van der Waals surface area contributed by atoms with Crippen LogP contribution in [0.5, 0.6) is 0 Å². The van der Waals surface area contributed by atoms with Crippen LogP contribution in [0.4, 0.5) is 27.6 Å². The molecule has 1 heterocycles. The number of aromatic nitrogens is 2. The van der Waals surface area contributed by atoms with Crippen LogP contribution in [0.1, 0.15) is 11.1 Å². The number of rotatable bonds is 4. The van der Waals surface area contributed by atoms with Gasteiger partial charge in [-0.15, -0.1) is 0 Å². The molecule has 0 radical (unpaired) electrons. The van der Waals surface area contributed by atoms with Crippen molar-refractivity contribution in [3.8, 4) is 11.1 Å². The van der Waals surface area contributed by atoms with Gasteiger partial charge in [-0.1, -0.05) is 18.2 Å². The summed E-state index contributed by atoms with van der Waals surface area (Å²) in [5.41, 5.74) is -1.01. The summed E-state index contributed by atoms with van der Waals surface area (Å²) in [5.74, 6) is -2.53. The predicted molar refractivity (Wildman–Crippen MR) is 87.7 cm³/mol. The van der Waals surface area contributed by atoms with E-state index in [-0.39, 0.29) is 28.8 Å². The number of alkyl halides is 3. The van der Waals surface area contributed by atoms with Crippen molar-refractivity contribution in [2.24, 2.45) is 0 Å². The maximum Gasteiger partial charge on any atom is 0.416 e. The Morgan fingerprint density at radius 2 is 1.81 bits per heavy atom. The quantitative estimate of drug-likeness (QED) is 0.651. The molecule has 0 aliphatic rings. The molecule has 140 valence electrons. The van der Waals surface area contributed by atoms with Gasteiger partial charge in [0.05, 0.1) is 23.7 Å². The van der Waals surface area contributed by atoms with E-state index in [2.05, 4.69) is 15.5 Å². The Kier molecular flexibility index (Phi) is 4.93. The molecular weight excluding hydrogens is 369 g/mol. The molecular formula is C18H12F5N3O. The fraction of sp³-hybridized carbons (Fsp3) is 0.111. The number of benzene rings is 2. The molecule has 9 heteroatoms. The number of anilines is 1. The van der Waals surface area contributed by atoms with Crippen molar-refractivity contribution >= 4 is 11.6 Å². The van der Waals surface area contributed by atoms with E-state index in [1.807, 2.05) is 0 Å². The lowest BCUT2D eigenvalue weighted by molar-refractivity contribution is -0.137. The third-order valence-corrected chi connectivity index (χ3v) is 3.73. The number of halogens is 5. The predicted octanol–water partition coefficient (Wildman–Crippen LogP) is 4.55. The molecule has 0 unspecified atom stereocenters. The first-order valence-corrected chi connectivity index (χ1v) is 7.68. The minimum absolute atomic E-state index is 0.123. The molecule has 2 aromatic carbocycles. The lowest BCUT2D eigenvalue weighted by Crippen LogP contribution is -2.15. The molecule has 0 fully saturated rings. The second-order valence-corrected chi connectivity index (χ2v) is 5.72. The van der Waals surface area contributed by atoms with Gasteiger partial charge in [0, 0.05) is 17.4 Å². The molecule has 1 amide bonds. The smallest absolute Gasteiger partial charge is 0.326 e. The molecule has 3 aromatic rings. The van der Waals surface area contributed by atoms with Gasteiger partial charge in [-0.3, -0.25) is 9.89 Å². The Bertz CT molecular complexity index is 944. The zero-order valence-electron chi connectivity index (χ0n) is 13.6. The summed E-state index contributed by atoms with van der Waals surface area (Å²) in [5, 5.41) is 8.33. The number of amides is 1. The first-order valence-electron chi connectivity index (χ1n) is 7.68. The molecule has 0 saturated heterocycles. The van der Waals surface area contributed by atoms with Crippen LogP contribution in [0, 0.1) is 11.6 Å². The molecule has 0 aliphatic carbocycles. The topological polar surface area (TPSA) is 57.8 Å². The van der Waals surface area contributed by atoms with Gasteiger partial charge in [0.15, 0.2) is 0 Å². The monoisotopic (exact) mass is 381 g/mol. The van der Waals surface area contributed by atoms with Crippen molar-refractivity contribution in [2.45, 2.75) is 12.6 Å². The third kappa shape index (κ3) is 4.30. The fourth-order valence-corrected chi connectivity index (χ4v) is 2.56. The number of nitrogens with one attached hydrogen (secondary N) is 2. The number of H-pyrrole nitrogens is 1. The zero-order chi connectivity index (χ0) is 19.6. The van der Waals surface area contributed by atoms with E-state index in [1.165, 1.54) is 24.5 Å². The highest BCUT2D eigenvalue weighted by atomic mass is 19.4. The van der Waals surface area contributed by atoms with Crippen LogP contribution in [0.25, 0.3) is 11.1 Å². The van der Waals surface area contributed by atoms with Crippen LogP contribution in [0.2, 0.25) is 0 Å². The fourth-order valence-electron chi connectivity index (χ4n) is 2.56. The van der Waals surface area contributed by atoms with Gasteiger partial charge in [0.2, 0.25) is 5.91 Å². The summed E-state index contributed by atoms with van der Waals surface area (Å²) in [6, 6.07) is 6.14. The Balaban J connectivity index is 1.75. The lowest BCUT2D eigenvalue weighted by Gasteiger charge is -2.10. The Morgan fingerprint density at radius 3 is 2.41 bits per heavy atom. The number of hydrogen-bond acceptors (Lipinski definition) is 2. The van der Waals surface area contributed by atoms with Gasteiger partial charge in [-0.05, 0) is 23.8 Å². The molecule has 0 spiro atoms. The van der Waals surface area contributed by atoms with Gasteiger partial charge in [-0.25, -0.2) is 8.78 Å². The van der Waals surface area contributed by atoms with Crippen LogP contribution in [-0.2, 0) is 17.4 Å². The highest BCUT2D eigenvalue weighted by Gasteiger charge is 2.30. The standard InChI is InChI=1S/C18H12F5N3O/c19-14-6-13(7-15(20)17(14)11-8-24-25-9-11)26-16(27)5-10-2-1-3-12(4-10)18(21,22)23/h1-4,6-9H,5H2,(H,24,25)(H,26,27). The maximum absolute atomic E-state index is 14.2. The summed E-state index contributed by atoms with van der Waals surface area (Å²) >= 11 is 0. The van der Waals surface area contributed by atoms with Gasteiger partial charge < -0.3 is 5.32 Å². The molecule has 0 aliphatic heterocycles. The summed E-state index contributed by atoms with van der Waals surface area (Å²) in [6.45, 7) is 0. The van der Waals surface area contributed by atoms with E-state index < -0.39 is 29.3 Å². The van der Waals surface area contributed by atoms with Crippen LogP contribution in [-0.4, -0.2) is 16.1 Å². The van der Waals surface area contributed by atoms with Crippen molar-refractivity contribution < 1.29 is 26.7 Å². The SMILES string of the molecule is O=C(Cc1cccc(C(F)(F)F)c1)Nc1cc(F)c(-c2cn[nH]c2)c(F)c1. The molecule has 0 bridgehead atoms. The summed E-state index contributed by atoms with van der Waals surface area (Å²) in [4.78, 5) is 12.0. The second kappa shape index (κ2) is 7.18. The van der Waals surface area contributed by atoms with Crippen molar-refractivity contribution in [3.05, 3.63) is 71.6 Å². The van der Waals surface area contributed by atoms with Gasteiger partial charge in [0.25, 0.3) is 0 Å². The van der Waals surface area contributed by atoms with E-state index in [1.54, 1.807) is 0 Å². The average Bonchev–Trinajstić information content (AvgIpc) is 3.07. The van der Waals surface area contributed by atoms with Crippen molar-refractivity contribution in [3.63, 3.8) is 0 Å². The number of nitrogens with zero attached hydrogens (tertiary/aromatic N) is 1. The maximum atomic E-state index is 14.2. The van der Waals surface area contributed by atoms with E-state index in [0.29, 0.717) is 0 Å². The van der Waals surface area contributed by atoms with Crippen LogP contribution in [0.3, 0.4) is 0 Å². The molecule has 1 aromatic heterocycles. The Morgan fingerprint density at radius 1 is 1.11 bits per heavy atom. The lowest BCUT2D eigenvalue weighted by atomic mass is 10.1. The molecule has 0 atom stereocenters. The number of aromatic amines is 1. The summed E-state index contributed by atoms with van der Waals surface area (Å²) in [6.07, 6.45) is -2.35. The van der Waals surface area contributed by atoms with Gasteiger partial charge >= 0.3 is 6.18 Å². The van der Waals surface area contributed by atoms with Gasteiger partial charge in [0.1, 0.15) is 11.6 Å².